The summed E-state index contributed by atoms with van der Waals surface area (Å²) in [6, 6.07) is 16.3. The molecule has 3 nitrogen and oxygen atoms in total. The molecule has 0 fully saturated rings. The summed E-state index contributed by atoms with van der Waals surface area (Å²) in [5, 5.41) is 10.5. The predicted octanol–water partition coefficient (Wildman–Crippen LogP) is 2.82. The number of aliphatic hydroxyl groups is 1. The van der Waals surface area contributed by atoms with Crippen molar-refractivity contribution in [3.63, 3.8) is 0 Å². The van der Waals surface area contributed by atoms with Gasteiger partial charge >= 0.3 is 0 Å². The highest BCUT2D eigenvalue weighted by Gasteiger charge is 2.30. The fourth-order valence-electron chi connectivity index (χ4n) is 2.30. The van der Waals surface area contributed by atoms with Gasteiger partial charge in [-0.05, 0) is 25.0 Å². The van der Waals surface area contributed by atoms with E-state index >= 15 is 0 Å². The number of hydrogen-bond acceptors (Lipinski definition) is 3. The van der Waals surface area contributed by atoms with Gasteiger partial charge in [-0.3, -0.25) is 0 Å². The second kappa shape index (κ2) is 6.00. The average Bonchev–Trinajstić information content (AvgIpc) is 2.38. The lowest BCUT2D eigenvalue weighted by Crippen LogP contribution is -2.31. The predicted molar refractivity (Wildman–Crippen MR) is 84.7 cm³/mol. The third-order valence-corrected chi connectivity index (χ3v) is 5.18. The van der Waals surface area contributed by atoms with Crippen LogP contribution in [0.15, 0.2) is 54.6 Å². The van der Waals surface area contributed by atoms with Gasteiger partial charge in [0.25, 0.3) is 0 Å². The topological polar surface area (TPSA) is 54.4 Å². The van der Waals surface area contributed by atoms with Crippen molar-refractivity contribution in [3.8, 4) is 0 Å². The molecule has 0 heterocycles. The van der Waals surface area contributed by atoms with Gasteiger partial charge in [-0.25, -0.2) is 8.42 Å². The van der Waals surface area contributed by atoms with Crippen molar-refractivity contribution >= 4 is 9.84 Å². The highest BCUT2D eigenvalue weighted by molar-refractivity contribution is 7.90. The maximum atomic E-state index is 12.3. The maximum Gasteiger partial charge on any atom is 0.157 e. The van der Waals surface area contributed by atoms with Gasteiger partial charge in [0.15, 0.2) is 9.84 Å². The number of aryl methyl sites for hydroxylation is 1. The smallest absolute Gasteiger partial charge is 0.157 e. The molecule has 21 heavy (non-hydrogen) atoms. The minimum atomic E-state index is -3.40. The van der Waals surface area contributed by atoms with E-state index in [1.165, 1.54) is 0 Å². The summed E-state index contributed by atoms with van der Waals surface area (Å²) in [6.07, 6.45) is 0. The van der Waals surface area contributed by atoms with Crippen LogP contribution in [-0.4, -0.2) is 19.3 Å². The summed E-state index contributed by atoms with van der Waals surface area (Å²) in [7, 11) is -3.40. The van der Waals surface area contributed by atoms with Gasteiger partial charge in [0.1, 0.15) is 5.60 Å². The Morgan fingerprint density at radius 3 is 2.14 bits per heavy atom. The molecule has 0 amide bonds. The molecule has 0 aliphatic rings. The molecule has 1 N–H and O–H groups in total. The van der Waals surface area contributed by atoms with E-state index in [1.54, 1.807) is 31.2 Å². The van der Waals surface area contributed by atoms with Gasteiger partial charge < -0.3 is 5.11 Å². The molecule has 1 atom stereocenters. The lowest BCUT2D eigenvalue weighted by molar-refractivity contribution is 0.0819. The van der Waals surface area contributed by atoms with Crippen LogP contribution in [0.4, 0.5) is 0 Å². The minimum Gasteiger partial charge on any atom is -0.384 e. The molecule has 2 rings (SSSR count). The third-order valence-electron chi connectivity index (χ3n) is 3.40. The summed E-state index contributed by atoms with van der Waals surface area (Å²) in [6.45, 7) is 3.49. The standard InChI is InChI=1S/C17H20O3S/c1-14-8-10-16(11-9-14)17(2,18)13-21(19,20)12-15-6-4-3-5-7-15/h3-11,18H,12-13H2,1-2H3/t17-/m0/s1. The Balaban J connectivity index is 2.17. The van der Waals surface area contributed by atoms with Crippen molar-refractivity contribution in [2.45, 2.75) is 25.2 Å². The first kappa shape index (κ1) is 15.7. The van der Waals surface area contributed by atoms with Crippen LogP contribution in [-0.2, 0) is 21.2 Å². The molecule has 112 valence electrons. The van der Waals surface area contributed by atoms with Crippen LogP contribution in [0.25, 0.3) is 0 Å². The van der Waals surface area contributed by atoms with Gasteiger partial charge in [0.2, 0.25) is 0 Å². The van der Waals surface area contributed by atoms with Gasteiger partial charge in [0.05, 0.1) is 11.5 Å². The number of rotatable bonds is 5. The van der Waals surface area contributed by atoms with E-state index < -0.39 is 15.4 Å². The Kier molecular flexibility index (Phi) is 4.49. The molecular weight excluding hydrogens is 284 g/mol. The fourth-order valence-corrected chi connectivity index (χ4v) is 4.13. The third kappa shape index (κ3) is 4.41. The average molecular weight is 304 g/mol. The second-order valence-electron chi connectivity index (χ2n) is 5.66. The monoisotopic (exact) mass is 304 g/mol. The van der Waals surface area contributed by atoms with E-state index in [9.17, 15) is 13.5 Å². The lowest BCUT2D eigenvalue weighted by Gasteiger charge is -2.24. The second-order valence-corrected chi connectivity index (χ2v) is 7.72. The number of benzene rings is 2. The van der Waals surface area contributed by atoms with Crippen molar-refractivity contribution in [1.82, 2.24) is 0 Å². The van der Waals surface area contributed by atoms with E-state index in [0.29, 0.717) is 5.56 Å². The zero-order valence-electron chi connectivity index (χ0n) is 12.3. The molecule has 0 saturated carbocycles. The van der Waals surface area contributed by atoms with Crippen molar-refractivity contribution < 1.29 is 13.5 Å². The molecule has 0 bridgehead atoms. The van der Waals surface area contributed by atoms with Crippen LogP contribution in [0.3, 0.4) is 0 Å². The van der Waals surface area contributed by atoms with Gasteiger partial charge in [0, 0.05) is 0 Å². The van der Waals surface area contributed by atoms with Gasteiger partial charge in [-0.2, -0.15) is 0 Å². The van der Waals surface area contributed by atoms with Gasteiger partial charge in [-0.15, -0.1) is 0 Å². The zero-order chi connectivity index (χ0) is 15.5. The van der Waals surface area contributed by atoms with Crippen LogP contribution in [0.5, 0.6) is 0 Å². The van der Waals surface area contributed by atoms with Gasteiger partial charge in [-0.1, -0.05) is 60.2 Å². The first-order chi connectivity index (χ1) is 9.78. The molecular formula is C17H20O3S. The van der Waals surface area contributed by atoms with Crippen LogP contribution in [0.1, 0.15) is 23.6 Å². The minimum absolute atomic E-state index is 0.0597. The van der Waals surface area contributed by atoms with Crippen molar-refractivity contribution in [2.24, 2.45) is 0 Å². The lowest BCUT2D eigenvalue weighted by atomic mass is 9.97. The largest absolute Gasteiger partial charge is 0.384 e. The summed E-state index contributed by atoms with van der Waals surface area (Å²) in [5.74, 6) is -0.353. The molecule has 0 spiro atoms. The SMILES string of the molecule is Cc1ccc([C@@](C)(O)CS(=O)(=O)Cc2ccccc2)cc1. The number of hydrogen-bond donors (Lipinski definition) is 1. The van der Waals surface area contributed by atoms with Crippen molar-refractivity contribution in [1.29, 1.82) is 0 Å². The van der Waals surface area contributed by atoms with E-state index in [0.717, 1.165) is 11.1 Å². The molecule has 0 radical (unpaired) electrons. The Morgan fingerprint density at radius 2 is 1.57 bits per heavy atom. The van der Waals surface area contributed by atoms with E-state index in [1.807, 2.05) is 37.3 Å². The first-order valence-electron chi connectivity index (χ1n) is 6.82. The van der Waals surface area contributed by atoms with Crippen LogP contribution in [0.2, 0.25) is 0 Å². The number of sulfone groups is 1. The van der Waals surface area contributed by atoms with Crippen molar-refractivity contribution in [2.75, 3.05) is 5.75 Å². The Hall–Kier alpha value is -1.65. The van der Waals surface area contributed by atoms with Crippen LogP contribution < -0.4 is 0 Å². The molecule has 0 unspecified atom stereocenters. The molecule has 0 aliphatic carbocycles. The van der Waals surface area contributed by atoms with Crippen molar-refractivity contribution in [3.05, 3.63) is 71.3 Å². The quantitative estimate of drug-likeness (QED) is 0.924. The Labute approximate surface area is 126 Å². The Morgan fingerprint density at radius 1 is 1.00 bits per heavy atom. The van der Waals surface area contributed by atoms with E-state index in [2.05, 4.69) is 0 Å². The maximum absolute atomic E-state index is 12.3. The van der Waals surface area contributed by atoms with Crippen LogP contribution in [0, 0.1) is 6.92 Å². The summed E-state index contributed by atoms with van der Waals surface area (Å²) in [5.41, 5.74) is 1.03. The molecule has 0 aliphatic heterocycles. The van der Waals surface area contributed by atoms with E-state index in [-0.39, 0.29) is 11.5 Å². The molecule has 0 saturated heterocycles. The molecule has 2 aromatic rings. The summed E-state index contributed by atoms with van der Waals surface area (Å²) >= 11 is 0. The summed E-state index contributed by atoms with van der Waals surface area (Å²) < 4.78 is 24.6. The first-order valence-corrected chi connectivity index (χ1v) is 8.64. The highest BCUT2D eigenvalue weighted by atomic mass is 32.2. The summed E-state index contributed by atoms with van der Waals surface area (Å²) in [4.78, 5) is 0. The fraction of sp³-hybridized carbons (Fsp3) is 0.294. The molecule has 4 heteroatoms. The normalized spacial score (nSPS) is 14.6. The molecule has 2 aromatic carbocycles. The molecule has 0 aromatic heterocycles. The van der Waals surface area contributed by atoms with E-state index in [4.69, 9.17) is 0 Å². The zero-order valence-corrected chi connectivity index (χ0v) is 13.1. The Bertz CT molecular complexity index is 687. The van der Waals surface area contributed by atoms with Crippen LogP contribution >= 0.6 is 0 Å². The highest BCUT2D eigenvalue weighted by Crippen LogP contribution is 2.24.